The van der Waals surface area contributed by atoms with Crippen LogP contribution < -0.4 is 0 Å². The number of hydrogen-bond acceptors (Lipinski definition) is 6. The molecule has 0 bridgehead atoms. The molecule has 138 valence electrons. The van der Waals surface area contributed by atoms with Crippen LogP contribution in [0.25, 0.3) is 0 Å². The molecule has 3 N–H and O–H groups in total. The monoisotopic (exact) mass is 375 g/mol. The Hall–Kier alpha value is -0.470. The Morgan fingerprint density at radius 2 is 2.04 bits per heavy atom. The molecule has 0 saturated carbocycles. The van der Waals surface area contributed by atoms with Crippen molar-refractivity contribution in [1.82, 2.24) is 4.90 Å². The second-order valence-electron chi connectivity index (χ2n) is 7.66. The van der Waals surface area contributed by atoms with Crippen molar-refractivity contribution in [3.8, 4) is 0 Å². The van der Waals surface area contributed by atoms with Crippen LogP contribution in [0.4, 0.5) is 0 Å². The van der Waals surface area contributed by atoms with Gasteiger partial charge in [0.15, 0.2) is 0 Å². The minimum Gasteiger partial charge on any atom is -0.393 e. The van der Waals surface area contributed by atoms with Crippen LogP contribution in [0.1, 0.15) is 47.0 Å². The van der Waals surface area contributed by atoms with Gasteiger partial charge in [-0.1, -0.05) is 50.8 Å². The quantitative estimate of drug-likeness (QED) is 0.467. The number of hydrogen-bond donors (Lipinski definition) is 3. The summed E-state index contributed by atoms with van der Waals surface area (Å²) in [5.41, 5.74) is -1.47. The topological polar surface area (TPSA) is 81.0 Å². The highest BCUT2D eigenvalue weighted by atomic mass is 32.2. The molecule has 1 unspecified atom stereocenters. The van der Waals surface area contributed by atoms with Gasteiger partial charge in [0, 0.05) is 5.75 Å². The van der Waals surface area contributed by atoms with Gasteiger partial charge in [-0.05, 0) is 25.2 Å². The van der Waals surface area contributed by atoms with Crippen molar-refractivity contribution in [3.63, 3.8) is 0 Å². The van der Waals surface area contributed by atoms with Crippen molar-refractivity contribution in [1.29, 1.82) is 0 Å². The van der Waals surface area contributed by atoms with Gasteiger partial charge in [-0.15, -0.1) is 6.58 Å². The lowest BCUT2D eigenvalue weighted by molar-refractivity contribution is -0.132. The Labute approximate surface area is 154 Å². The smallest absolute Gasteiger partial charge is 0.230 e. The molecule has 0 spiro atoms. The first kappa shape index (κ1) is 21.6. The second-order valence-corrected chi connectivity index (χ2v) is 9.31. The van der Waals surface area contributed by atoms with Crippen molar-refractivity contribution in [2.75, 3.05) is 5.75 Å². The van der Waals surface area contributed by atoms with Crippen LogP contribution in [0, 0.1) is 5.41 Å². The van der Waals surface area contributed by atoms with E-state index in [1.807, 2.05) is 0 Å². The predicted molar refractivity (Wildman–Crippen MR) is 102 cm³/mol. The Balaban J connectivity index is 2.63. The lowest BCUT2D eigenvalue weighted by Crippen LogP contribution is -2.46. The second kappa shape index (κ2) is 8.27. The van der Waals surface area contributed by atoms with Crippen molar-refractivity contribution >= 4 is 34.2 Å². The SMILES string of the molecule is C=C[C@H](O)C(C)(O)CC[C@@H](O)CC(=O)N1C(=S)SC[C@@H]1C(C)(C)C. The van der Waals surface area contributed by atoms with Crippen LogP contribution >= 0.6 is 24.0 Å². The summed E-state index contributed by atoms with van der Waals surface area (Å²) in [6, 6.07) is 0.0143. The van der Waals surface area contributed by atoms with E-state index in [4.69, 9.17) is 12.2 Å². The van der Waals surface area contributed by atoms with Gasteiger partial charge < -0.3 is 15.3 Å². The van der Waals surface area contributed by atoms with Crippen LogP contribution in [-0.2, 0) is 4.79 Å². The first-order chi connectivity index (χ1) is 10.9. The molecule has 1 heterocycles. The molecule has 0 radical (unpaired) electrons. The molecule has 4 atom stereocenters. The van der Waals surface area contributed by atoms with Crippen LogP contribution in [-0.4, -0.2) is 60.1 Å². The van der Waals surface area contributed by atoms with Crippen LogP contribution in [0.3, 0.4) is 0 Å². The molecule has 0 aliphatic carbocycles. The molecule has 24 heavy (non-hydrogen) atoms. The summed E-state index contributed by atoms with van der Waals surface area (Å²) in [6.07, 6.45) is -0.393. The summed E-state index contributed by atoms with van der Waals surface area (Å²) in [6.45, 7) is 11.1. The molecule has 1 amide bonds. The number of nitrogens with zero attached hydrogens (tertiary/aromatic N) is 1. The summed E-state index contributed by atoms with van der Waals surface area (Å²) in [5, 5.41) is 29.9. The third-order valence-electron chi connectivity index (χ3n) is 4.40. The minimum atomic E-state index is -1.38. The van der Waals surface area contributed by atoms with Gasteiger partial charge in [-0.25, -0.2) is 0 Å². The van der Waals surface area contributed by atoms with E-state index < -0.39 is 17.8 Å². The lowest BCUT2D eigenvalue weighted by Gasteiger charge is -2.34. The number of thioether (sulfide) groups is 1. The number of rotatable bonds is 7. The summed E-state index contributed by atoms with van der Waals surface area (Å²) >= 11 is 6.78. The maximum absolute atomic E-state index is 12.6. The molecule has 1 saturated heterocycles. The molecule has 5 nitrogen and oxygen atoms in total. The molecule has 7 heteroatoms. The molecule has 0 aromatic heterocycles. The van der Waals surface area contributed by atoms with Crippen LogP contribution in [0.15, 0.2) is 12.7 Å². The highest BCUT2D eigenvalue weighted by molar-refractivity contribution is 8.23. The fourth-order valence-corrected chi connectivity index (χ4v) is 4.35. The number of carbonyl (C=O) groups is 1. The summed E-state index contributed by atoms with van der Waals surface area (Å²) in [7, 11) is 0. The average molecular weight is 376 g/mol. The van der Waals surface area contributed by atoms with Gasteiger partial charge in [0.2, 0.25) is 5.91 Å². The zero-order valence-electron chi connectivity index (χ0n) is 14.9. The van der Waals surface area contributed by atoms with E-state index in [-0.39, 0.29) is 36.6 Å². The normalized spacial score (nSPS) is 23.7. The van der Waals surface area contributed by atoms with E-state index in [0.717, 1.165) is 5.75 Å². The zero-order chi connectivity index (χ0) is 18.7. The molecule has 1 aliphatic rings. The van der Waals surface area contributed by atoms with Crippen molar-refractivity contribution in [2.24, 2.45) is 5.41 Å². The minimum absolute atomic E-state index is 0.0143. The van der Waals surface area contributed by atoms with Gasteiger partial charge in [0.05, 0.1) is 24.2 Å². The van der Waals surface area contributed by atoms with E-state index in [1.54, 1.807) is 4.90 Å². The largest absolute Gasteiger partial charge is 0.393 e. The lowest BCUT2D eigenvalue weighted by atomic mass is 9.86. The van der Waals surface area contributed by atoms with Gasteiger partial charge in [-0.2, -0.15) is 0 Å². The summed E-state index contributed by atoms with van der Waals surface area (Å²) in [4.78, 5) is 14.2. The van der Waals surface area contributed by atoms with E-state index >= 15 is 0 Å². The van der Waals surface area contributed by atoms with Crippen LogP contribution in [0.2, 0.25) is 0 Å². The fourth-order valence-electron chi connectivity index (χ4n) is 2.60. The molecular formula is C17H29NO4S2. The Morgan fingerprint density at radius 3 is 2.54 bits per heavy atom. The van der Waals surface area contributed by atoms with E-state index in [1.165, 1.54) is 24.8 Å². The van der Waals surface area contributed by atoms with Gasteiger partial charge in [-0.3, -0.25) is 9.69 Å². The van der Waals surface area contributed by atoms with Crippen molar-refractivity contribution in [2.45, 2.75) is 70.8 Å². The number of aliphatic hydroxyl groups is 3. The fraction of sp³-hybridized carbons (Fsp3) is 0.765. The summed E-state index contributed by atoms with van der Waals surface area (Å²) < 4.78 is 0.557. The first-order valence-electron chi connectivity index (χ1n) is 8.10. The van der Waals surface area contributed by atoms with Crippen LogP contribution in [0.5, 0.6) is 0 Å². The molecule has 1 rings (SSSR count). The van der Waals surface area contributed by atoms with Crippen molar-refractivity contribution < 1.29 is 20.1 Å². The zero-order valence-corrected chi connectivity index (χ0v) is 16.5. The maximum atomic E-state index is 12.6. The highest BCUT2D eigenvalue weighted by Crippen LogP contribution is 2.36. The number of carbonyl (C=O) groups excluding carboxylic acids is 1. The van der Waals surface area contributed by atoms with E-state index in [0.29, 0.717) is 4.32 Å². The van der Waals surface area contributed by atoms with E-state index in [2.05, 4.69) is 27.4 Å². The Bertz CT molecular complexity index is 487. The van der Waals surface area contributed by atoms with Gasteiger partial charge in [0.1, 0.15) is 10.4 Å². The number of thiocarbonyl (C=S) groups is 1. The first-order valence-corrected chi connectivity index (χ1v) is 9.49. The maximum Gasteiger partial charge on any atom is 0.230 e. The molecule has 0 aromatic rings. The Kier molecular flexibility index (Phi) is 7.44. The summed E-state index contributed by atoms with van der Waals surface area (Å²) in [5.74, 6) is 0.575. The Morgan fingerprint density at radius 1 is 1.46 bits per heavy atom. The standard InChI is InChI=1S/C17H29NO4S2/c1-6-13(20)17(5,22)8-7-11(19)9-14(21)18-12(16(2,3)4)10-24-15(18)23/h6,11-13,19-20,22H,1,7-10H2,2-5H3/t11-,12-,13+,17?/m1/s1. The number of aliphatic hydroxyl groups excluding tert-OH is 2. The number of amides is 1. The molecule has 1 aliphatic heterocycles. The van der Waals surface area contributed by atoms with E-state index in [9.17, 15) is 20.1 Å². The molecule has 0 aromatic carbocycles. The molecule has 1 fully saturated rings. The third-order valence-corrected chi connectivity index (χ3v) is 5.87. The van der Waals surface area contributed by atoms with Crippen molar-refractivity contribution in [3.05, 3.63) is 12.7 Å². The molecular weight excluding hydrogens is 346 g/mol. The highest BCUT2D eigenvalue weighted by Gasteiger charge is 2.41. The average Bonchev–Trinajstić information content (AvgIpc) is 2.86. The third kappa shape index (κ3) is 5.52. The predicted octanol–water partition coefficient (Wildman–Crippen LogP) is 2.09. The van der Waals surface area contributed by atoms with Gasteiger partial charge >= 0.3 is 0 Å². The van der Waals surface area contributed by atoms with Gasteiger partial charge in [0.25, 0.3) is 0 Å².